The van der Waals surface area contributed by atoms with Gasteiger partial charge in [0, 0.05) is 23.4 Å². The van der Waals surface area contributed by atoms with Gasteiger partial charge in [0.05, 0.1) is 0 Å². The summed E-state index contributed by atoms with van der Waals surface area (Å²) in [4.78, 5) is 20.8. The Morgan fingerprint density at radius 1 is 1.12 bits per heavy atom. The Bertz CT molecular complexity index is 870. The number of aromatic nitrogens is 3. The number of hydrogen-bond donors (Lipinski definition) is 1. The second-order valence-electron chi connectivity index (χ2n) is 6.19. The molecule has 6 nitrogen and oxygen atoms in total. The lowest BCUT2D eigenvalue weighted by molar-refractivity contribution is 0.102. The van der Waals surface area contributed by atoms with Crippen LogP contribution in [0.25, 0.3) is 11.4 Å². The summed E-state index contributed by atoms with van der Waals surface area (Å²) in [6.45, 7) is 0. The van der Waals surface area contributed by atoms with Crippen molar-refractivity contribution >= 4 is 11.6 Å². The Hall–Kier alpha value is -3.02. The molecule has 126 valence electrons. The zero-order chi connectivity index (χ0) is 17.1. The number of nitrogens with one attached hydrogen (secondary N) is 1. The summed E-state index contributed by atoms with van der Waals surface area (Å²) in [6.07, 6.45) is 6.26. The maximum atomic E-state index is 12.2. The molecule has 1 amide bonds. The van der Waals surface area contributed by atoms with Gasteiger partial charge in [-0.25, -0.2) is 0 Å². The van der Waals surface area contributed by atoms with Crippen LogP contribution in [-0.4, -0.2) is 21.0 Å². The van der Waals surface area contributed by atoms with Crippen LogP contribution < -0.4 is 5.32 Å². The Labute approximate surface area is 145 Å². The molecule has 0 spiro atoms. The SMILES string of the molecule is O=C(Nc1cccc(-c2noc(C3CCCC3)n2)c1)c1ccccn1. The van der Waals surface area contributed by atoms with E-state index in [1.807, 2.05) is 24.3 Å². The van der Waals surface area contributed by atoms with Crippen molar-refractivity contribution in [2.45, 2.75) is 31.6 Å². The monoisotopic (exact) mass is 334 g/mol. The minimum Gasteiger partial charge on any atom is -0.339 e. The van der Waals surface area contributed by atoms with Crippen LogP contribution in [0.2, 0.25) is 0 Å². The van der Waals surface area contributed by atoms with Crippen LogP contribution in [0.3, 0.4) is 0 Å². The largest absolute Gasteiger partial charge is 0.339 e. The van der Waals surface area contributed by atoms with Gasteiger partial charge in [0.25, 0.3) is 5.91 Å². The molecular weight excluding hydrogens is 316 g/mol. The van der Waals surface area contributed by atoms with Gasteiger partial charge in [0.1, 0.15) is 5.69 Å². The van der Waals surface area contributed by atoms with Gasteiger partial charge in [0.2, 0.25) is 11.7 Å². The van der Waals surface area contributed by atoms with Gasteiger partial charge in [-0.05, 0) is 37.1 Å². The fourth-order valence-corrected chi connectivity index (χ4v) is 3.12. The summed E-state index contributed by atoms with van der Waals surface area (Å²) in [7, 11) is 0. The van der Waals surface area contributed by atoms with E-state index >= 15 is 0 Å². The van der Waals surface area contributed by atoms with Crippen LogP contribution in [0.15, 0.2) is 53.2 Å². The molecule has 0 unspecified atom stereocenters. The second-order valence-corrected chi connectivity index (χ2v) is 6.19. The zero-order valence-electron chi connectivity index (χ0n) is 13.7. The topological polar surface area (TPSA) is 80.9 Å². The Morgan fingerprint density at radius 3 is 2.80 bits per heavy atom. The van der Waals surface area contributed by atoms with E-state index in [0.29, 0.717) is 23.1 Å². The first-order valence-electron chi connectivity index (χ1n) is 8.46. The number of pyridine rings is 1. The first-order chi connectivity index (χ1) is 12.3. The van der Waals surface area contributed by atoms with Gasteiger partial charge < -0.3 is 9.84 Å². The van der Waals surface area contributed by atoms with Crippen LogP contribution in [-0.2, 0) is 0 Å². The summed E-state index contributed by atoms with van der Waals surface area (Å²) in [5.41, 5.74) is 1.85. The Morgan fingerprint density at radius 2 is 2.00 bits per heavy atom. The fourth-order valence-electron chi connectivity index (χ4n) is 3.12. The van der Waals surface area contributed by atoms with E-state index in [1.54, 1.807) is 24.4 Å². The van der Waals surface area contributed by atoms with Gasteiger partial charge in [-0.15, -0.1) is 0 Å². The fraction of sp³-hybridized carbons (Fsp3) is 0.263. The lowest BCUT2D eigenvalue weighted by Crippen LogP contribution is -2.13. The number of carbonyl (C=O) groups excluding carboxylic acids is 1. The predicted molar refractivity (Wildman–Crippen MR) is 93.1 cm³/mol. The molecule has 3 aromatic rings. The molecule has 1 fully saturated rings. The molecule has 1 saturated carbocycles. The molecular formula is C19H18N4O2. The number of hydrogen-bond acceptors (Lipinski definition) is 5. The number of amides is 1. The summed E-state index contributed by atoms with van der Waals surface area (Å²) in [5.74, 6) is 1.40. The molecule has 2 heterocycles. The standard InChI is InChI=1S/C19H18N4O2/c24-18(16-10-3-4-11-20-16)21-15-9-5-8-14(12-15)17-22-19(25-23-17)13-6-1-2-7-13/h3-5,8-13H,1-2,6-7H2,(H,21,24). The summed E-state index contributed by atoms with van der Waals surface area (Å²) >= 11 is 0. The summed E-state index contributed by atoms with van der Waals surface area (Å²) < 4.78 is 5.43. The van der Waals surface area contributed by atoms with Crippen molar-refractivity contribution in [1.82, 2.24) is 15.1 Å². The molecule has 2 aromatic heterocycles. The average Bonchev–Trinajstić information content (AvgIpc) is 3.34. The number of carbonyl (C=O) groups is 1. The lowest BCUT2D eigenvalue weighted by Gasteiger charge is -2.05. The van der Waals surface area contributed by atoms with E-state index in [2.05, 4.69) is 20.4 Å². The number of anilines is 1. The first-order valence-corrected chi connectivity index (χ1v) is 8.46. The third-order valence-electron chi connectivity index (χ3n) is 4.42. The van der Waals surface area contributed by atoms with Crippen LogP contribution in [0.1, 0.15) is 48.0 Å². The third-order valence-corrected chi connectivity index (χ3v) is 4.42. The van der Waals surface area contributed by atoms with Crippen molar-refractivity contribution in [3.63, 3.8) is 0 Å². The van der Waals surface area contributed by atoms with E-state index in [0.717, 1.165) is 24.3 Å². The zero-order valence-corrected chi connectivity index (χ0v) is 13.7. The Balaban J connectivity index is 1.52. The molecule has 4 rings (SSSR count). The molecule has 0 saturated heterocycles. The van der Waals surface area contributed by atoms with E-state index < -0.39 is 0 Å². The number of rotatable bonds is 4. The van der Waals surface area contributed by atoms with Crippen molar-refractivity contribution in [3.8, 4) is 11.4 Å². The van der Waals surface area contributed by atoms with Crippen molar-refractivity contribution in [2.24, 2.45) is 0 Å². The maximum Gasteiger partial charge on any atom is 0.274 e. The van der Waals surface area contributed by atoms with Crippen LogP contribution in [0.5, 0.6) is 0 Å². The molecule has 0 radical (unpaired) electrons. The van der Waals surface area contributed by atoms with E-state index in [4.69, 9.17) is 4.52 Å². The van der Waals surface area contributed by atoms with Crippen molar-refractivity contribution in [3.05, 3.63) is 60.2 Å². The number of nitrogens with zero attached hydrogens (tertiary/aromatic N) is 3. The van der Waals surface area contributed by atoms with Crippen LogP contribution >= 0.6 is 0 Å². The van der Waals surface area contributed by atoms with Crippen LogP contribution in [0.4, 0.5) is 5.69 Å². The number of benzene rings is 1. The average molecular weight is 334 g/mol. The summed E-state index contributed by atoms with van der Waals surface area (Å²) in [6, 6.07) is 12.6. The summed E-state index contributed by atoms with van der Waals surface area (Å²) in [5, 5.41) is 6.94. The van der Waals surface area contributed by atoms with Gasteiger partial charge in [-0.2, -0.15) is 4.98 Å². The van der Waals surface area contributed by atoms with Gasteiger partial charge in [-0.3, -0.25) is 9.78 Å². The molecule has 0 aliphatic heterocycles. The second kappa shape index (κ2) is 6.84. The molecule has 1 aliphatic carbocycles. The highest BCUT2D eigenvalue weighted by atomic mass is 16.5. The molecule has 1 aliphatic rings. The smallest absolute Gasteiger partial charge is 0.274 e. The van der Waals surface area contributed by atoms with E-state index in [1.165, 1.54) is 12.8 Å². The minimum absolute atomic E-state index is 0.252. The van der Waals surface area contributed by atoms with Crippen molar-refractivity contribution in [1.29, 1.82) is 0 Å². The van der Waals surface area contributed by atoms with Crippen molar-refractivity contribution < 1.29 is 9.32 Å². The first kappa shape index (κ1) is 15.5. The van der Waals surface area contributed by atoms with Gasteiger partial charge >= 0.3 is 0 Å². The molecule has 6 heteroatoms. The van der Waals surface area contributed by atoms with Crippen LogP contribution in [0, 0.1) is 0 Å². The highest BCUT2D eigenvalue weighted by Gasteiger charge is 2.23. The lowest BCUT2D eigenvalue weighted by atomic mass is 10.1. The quantitative estimate of drug-likeness (QED) is 0.778. The van der Waals surface area contributed by atoms with Gasteiger partial charge in [-0.1, -0.05) is 36.2 Å². The molecule has 0 bridgehead atoms. The predicted octanol–water partition coefficient (Wildman–Crippen LogP) is 4.04. The highest BCUT2D eigenvalue weighted by Crippen LogP contribution is 2.34. The van der Waals surface area contributed by atoms with Gasteiger partial charge in [0.15, 0.2) is 0 Å². The molecule has 0 atom stereocenters. The minimum atomic E-state index is -0.252. The third kappa shape index (κ3) is 3.42. The Kier molecular flexibility index (Phi) is 4.24. The molecule has 1 aromatic carbocycles. The molecule has 25 heavy (non-hydrogen) atoms. The molecule has 1 N–H and O–H groups in total. The van der Waals surface area contributed by atoms with E-state index in [-0.39, 0.29) is 5.91 Å². The maximum absolute atomic E-state index is 12.2. The highest BCUT2D eigenvalue weighted by molar-refractivity contribution is 6.03. The normalized spacial score (nSPS) is 14.6. The van der Waals surface area contributed by atoms with E-state index in [9.17, 15) is 4.79 Å². The van der Waals surface area contributed by atoms with Crippen molar-refractivity contribution in [2.75, 3.05) is 5.32 Å².